The second-order valence-corrected chi connectivity index (χ2v) is 6.97. The van der Waals surface area contributed by atoms with E-state index in [-0.39, 0.29) is 5.56 Å². The van der Waals surface area contributed by atoms with Crippen LogP contribution in [0, 0.1) is 0 Å². The first-order valence-corrected chi connectivity index (χ1v) is 8.92. The van der Waals surface area contributed by atoms with Crippen LogP contribution in [0.3, 0.4) is 0 Å². The summed E-state index contributed by atoms with van der Waals surface area (Å²) in [6.45, 7) is 3.93. The summed E-state index contributed by atoms with van der Waals surface area (Å²) < 4.78 is 0. The maximum Gasteiger partial charge on any atom is 0.258 e. The Kier molecular flexibility index (Phi) is 3.75. The second-order valence-electron chi connectivity index (χ2n) is 5.97. The number of para-hydroxylation sites is 1. The van der Waals surface area contributed by atoms with Crippen molar-refractivity contribution in [1.29, 1.82) is 0 Å². The average molecular weight is 325 g/mol. The molecule has 1 aliphatic heterocycles. The predicted molar refractivity (Wildman–Crippen MR) is 93.8 cm³/mol. The van der Waals surface area contributed by atoms with Gasteiger partial charge in [0.1, 0.15) is 5.82 Å². The fraction of sp³-hybridized carbons (Fsp3) is 0.333. The van der Waals surface area contributed by atoms with Gasteiger partial charge in [0, 0.05) is 17.5 Å². The van der Waals surface area contributed by atoms with E-state index in [1.165, 1.54) is 10.4 Å². The number of hydrogen-bond donors (Lipinski definition) is 1. The third kappa shape index (κ3) is 2.60. The molecule has 0 saturated carbocycles. The van der Waals surface area contributed by atoms with E-state index in [1.807, 2.05) is 35.6 Å². The largest absolute Gasteiger partial charge is 0.309 e. The van der Waals surface area contributed by atoms with Gasteiger partial charge in [0.05, 0.1) is 17.4 Å². The third-order valence-electron chi connectivity index (χ3n) is 4.61. The first-order chi connectivity index (χ1) is 11.3. The number of H-pyrrole nitrogens is 1. The first kappa shape index (κ1) is 14.6. The van der Waals surface area contributed by atoms with Crippen LogP contribution in [0.1, 0.15) is 35.7 Å². The Morgan fingerprint density at radius 2 is 2.22 bits per heavy atom. The number of benzene rings is 1. The monoisotopic (exact) mass is 325 g/mol. The van der Waals surface area contributed by atoms with E-state index in [0.717, 1.165) is 30.7 Å². The van der Waals surface area contributed by atoms with Crippen molar-refractivity contribution in [3.05, 3.63) is 62.3 Å². The molecule has 3 heterocycles. The second kappa shape index (κ2) is 5.91. The molecule has 23 heavy (non-hydrogen) atoms. The summed E-state index contributed by atoms with van der Waals surface area (Å²) in [5.74, 6) is 0.755. The number of rotatable bonds is 3. The topological polar surface area (TPSA) is 49.0 Å². The van der Waals surface area contributed by atoms with Crippen molar-refractivity contribution in [2.45, 2.75) is 32.4 Å². The Bertz CT molecular complexity index is 898. The number of aromatic nitrogens is 2. The van der Waals surface area contributed by atoms with Crippen LogP contribution in [0.4, 0.5) is 0 Å². The number of fused-ring (bicyclic) bond motifs is 2. The lowest BCUT2D eigenvalue weighted by atomic mass is 9.98. The lowest BCUT2D eigenvalue weighted by molar-refractivity contribution is 0.168. The van der Waals surface area contributed by atoms with Gasteiger partial charge in [0.25, 0.3) is 5.56 Å². The molecule has 0 amide bonds. The molecule has 0 spiro atoms. The zero-order chi connectivity index (χ0) is 15.8. The summed E-state index contributed by atoms with van der Waals surface area (Å²) in [5.41, 5.74) is 2.17. The Labute approximate surface area is 138 Å². The van der Waals surface area contributed by atoms with Crippen LogP contribution >= 0.6 is 11.3 Å². The van der Waals surface area contributed by atoms with Gasteiger partial charge in [-0.25, -0.2) is 4.98 Å². The molecule has 1 aromatic carbocycles. The molecule has 4 nitrogen and oxygen atoms in total. The highest BCUT2D eigenvalue weighted by Gasteiger charge is 2.27. The third-order valence-corrected chi connectivity index (χ3v) is 5.60. The van der Waals surface area contributed by atoms with E-state index in [0.29, 0.717) is 18.0 Å². The standard InChI is InChI=1S/C18H19N3OS/c1-2-15-13-8-10-23-16(13)7-9-21(15)11-17-19-14-6-4-3-5-12(14)18(22)20-17/h3-6,8,10,15H,2,7,9,11H2,1H3,(H,19,20,22)/t15-/m0/s1. The molecule has 118 valence electrons. The van der Waals surface area contributed by atoms with Gasteiger partial charge in [0.15, 0.2) is 0 Å². The summed E-state index contributed by atoms with van der Waals surface area (Å²) in [6, 6.07) is 10.2. The highest BCUT2D eigenvalue weighted by molar-refractivity contribution is 7.10. The fourth-order valence-corrected chi connectivity index (χ4v) is 4.45. The van der Waals surface area contributed by atoms with Crippen LogP contribution in [0.2, 0.25) is 0 Å². The van der Waals surface area contributed by atoms with Crippen LogP contribution in [0.15, 0.2) is 40.5 Å². The Balaban J connectivity index is 1.67. The first-order valence-electron chi connectivity index (χ1n) is 8.04. The van der Waals surface area contributed by atoms with Gasteiger partial charge in [-0.1, -0.05) is 19.1 Å². The summed E-state index contributed by atoms with van der Waals surface area (Å²) in [5, 5.41) is 2.84. The molecule has 1 N–H and O–H groups in total. The summed E-state index contributed by atoms with van der Waals surface area (Å²) in [7, 11) is 0. The van der Waals surface area contributed by atoms with Gasteiger partial charge < -0.3 is 4.98 Å². The van der Waals surface area contributed by atoms with E-state index >= 15 is 0 Å². The van der Waals surface area contributed by atoms with E-state index < -0.39 is 0 Å². The van der Waals surface area contributed by atoms with Gasteiger partial charge in [-0.3, -0.25) is 9.69 Å². The molecule has 0 radical (unpaired) electrons. The van der Waals surface area contributed by atoms with Crippen molar-refractivity contribution in [1.82, 2.24) is 14.9 Å². The maximum absolute atomic E-state index is 12.2. The van der Waals surface area contributed by atoms with Crippen molar-refractivity contribution >= 4 is 22.2 Å². The molecule has 3 aromatic rings. The molecule has 4 rings (SSSR count). The number of aromatic amines is 1. The van der Waals surface area contributed by atoms with Gasteiger partial charge in [-0.2, -0.15) is 0 Å². The van der Waals surface area contributed by atoms with Crippen molar-refractivity contribution in [3.8, 4) is 0 Å². The number of nitrogens with one attached hydrogen (secondary N) is 1. The molecule has 0 aliphatic carbocycles. The quantitative estimate of drug-likeness (QED) is 0.802. The number of nitrogens with zero attached hydrogens (tertiary/aromatic N) is 2. The van der Waals surface area contributed by atoms with E-state index in [4.69, 9.17) is 0 Å². The summed E-state index contributed by atoms with van der Waals surface area (Å²) in [4.78, 5) is 23.8. The maximum atomic E-state index is 12.2. The lowest BCUT2D eigenvalue weighted by Crippen LogP contribution is -2.35. The minimum atomic E-state index is -0.0492. The molecule has 0 bridgehead atoms. The highest BCUT2D eigenvalue weighted by atomic mass is 32.1. The summed E-state index contributed by atoms with van der Waals surface area (Å²) >= 11 is 1.86. The molecule has 1 atom stereocenters. The van der Waals surface area contributed by atoms with Gasteiger partial charge in [-0.05, 0) is 42.0 Å². The zero-order valence-corrected chi connectivity index (χ0v) is 13.9. The van der Waals surface area contributed by atoms with Crippen LogP contribution in [-0.4, -0.2) is 21.4 Å². The summed E-state index contributed by atoms with van der Waals surface area (Å²) in [6.07, 6.45) is 2.16. The average Bonchev–Trinajstić information content (AvgIpc) is 3.03. The lowest BCUT2D eigenvalue weighted by Gasteiger charge is -2.35. The minimum Gasteiger partial charge on any atom is -0.309 e. The van der Waals surface area contributed by atoms with Crippen LogP contribution in [0.25, 0.3) is 10.9 Å². The predicted octanol–water partition coefficient (Wildman–Crippen LogP) is 3.49. The van der Waals surface area contributed by atoms with Crippen molar-refractivity contribution in [3.63, 3.8) is 0 Å². The Morgan fingerprint density at radius 3 is 3.09 bits per heavy atom. The van der Waals surface area contributed by atoms with Crippen molar-refractivity contribution in [2.75, 3.05) is 6.54 Å². The molecule has 5 heteroatoms. The van der Waals surface area contributed by atoms with Gasteiger partial charge >= 0.3 is 0 Å². The molecule has 0 unspecified atom stereocenters. The number of hydrogen-bond acceptors (Lipinski definition) is 4. The molecular formula is C18H19N3OS. The normalized spacial score (nSPS) is 18.2. The van der Waals surface area contributed by atoms with Crippen molar-refractivity contribution < 1.29 is 0 Å². The molecule has 1 aliphatic rings. The molecule has 0 fully saturated rings. The highest BCUT2D eigenvalue weighted by Crippen LogP contribution is 2.35. The molecule has 0 saturated heterocycles. The van der Waals surface area contributed by atoms with Crippen LogP contribution in [-0.2, 0) is 13.0 Å². The zero-order valence-electron chi connectivity index (χ0n) is 13.1. The Morgan fingerprint density at radius 1 is 1.35 bits per heavy atom. The van der Waals surface area contributed by atoms with Crippen LogP contribution < -0.4 is 5.56 Å². The van der Waals surface area contributed by atoms with Crippen molar-refractivity contribution in [2.24, 2.45) is 0 Å². The Hall–Kier alpha value is -1.98. The van der Waals surface area contributed by atoms with E-state index in [1.54, 1.807) is 0 Å². The van der Waals surface area contributed by atoms with E-state index in [2.05, 4.69) is 33.2 Å². The number of thiophene rings is 1. The molecule has 2 aromatic heterocycles. The van der Waals surface area contributed by atoms with E-state index in [9.17, 15) is 4.79 Å². The van der Waals surface area contributed by atoms with Gasteiger partial charge in [-0.15, -0.1) is 11.3 Å². The van der Waals surface area contributed by atoms with Gasteiger partial charge in [0.2, 0.25) is 0 Å². The molecular weight excluding hydrogens is 306 g/mol. The fourth-order valence-electron chi connectivity index (χ4n) is 3.52. The minimum absolute atomic E-state index is 0.0492. The van der Waals surface area contributed by atoms with Crippen LogP contribution in [0.5, 0.6) is 0 Å². The SMILES string of the molecule is CC[C@H]1c2ccsc2CCN1Cc1nc2ccccc2c(=O)[nH]1. The smallest absolute Gasteiger partial charge is 0.258 e.